The van der Waals surface area contributed by atoms with Gasteiger partial charge in [0.2, 0.25) is 5.95 Å². The van der Waals surface area contributed by atoms with Crippen LogP contribution in [0.5, 0.6) is 0 Å². The largest absolute Gasteiger partial charge is 0.332 e. The highest BCUT2D eigenvalue weighted by atomic mass is 16.2. The zero-order valence-corrected chi connectivity index (χ0v) is 16.7. The minimum absolute atomic E-state index is 0.241. The molecule has 1 atom stereocenters. The topological polar surface area (TPSA) is 120 Å². The molecule has 0 saturated carbocycles. The van der Waals surface area contributed by atoms with Crippen molar-refractivity contribution < 1.29 is 4.79 Å². The predicted octanol–water partition coefficient (Wildman–Crippen LogP) is 0.147. The molecule has 29 heavy (non-hydrogen) atoms. The van der Waals surface area contributed by atoms with Crippen molar-refractivity contribution in [2.45, 2.75) is 19.9 Å². The van der Waals surface area contributed by atoms with E-state index in [9.17, 15) is 14.4 Å². The van der Waals surface area contributed by atoms with Crippen molar-refractivity contribution in [3.8, 4) is 0 Å². The van der Waals surface area contributed by atoms with Crippen LogP contribution in [0.25, 0.3) is 11.0 Å². The highest BCUT2D eigenvalue weighted by Gasteiger charge is 2.32. The summed E-state index contributed by atoms with van der Waals surface area (Å²) in [5.74, 6) is 0.328. The van der Waals surface area contributed by atoms with E-state index in [0.29, 0.717) is 17.2 Å². The van der Waals surface area contributed by atoms with Gasteiger partial charge in [-0.05, 0) is 19.9 Å². The minimum atomic E-state index is -0.472. The SMILES string of the molecule is CC1=C(C(=O)Nc2cnc3c(c2)c(=O)n(C)c(=O)n3C)[C@H](C)n2ncnc2N1C. The zero-order chi connectivity index (χ0) is 21.0. The molecule has 0 radical (unpaired) electrons. The Bertz CT molecular complexity index is 1310. The molecule has 3 aromatic rings. The Labute approximate surface area is 164 Å². The van der Waals surface area contributed by atoms with Gasteiger partial charge in [0.05, 0.1) is 28.9 Å². The van der Waals surface area contributed by atoms with Gasteiger partial charge < -0.3 is 10.2 Å². The van der Waals surface area contributed by atoms with Crippen LogP contribution in [0.4, 0.5) is 11.6 Å². The molecule has 11 nitrogen and oxygen atoms in total. The Morgan fingerprint density at radius 1 is 1.14 bits per heavy atom. The molecule has 0 fully saturated rings. The molecule has 0 saturated heterocycles. The summed E-state index contributed by atoms with van der Waals surface area (Å²) in [6, 6.07) is 1.21. The van der Waals surface area contributed by atoms with E-state index in [4.69, 9.17) is 0 Å². The smallest absolute Gasteiger partial charge is 0.321 e. The maximum atomic E-state index is 13.1. The summed E-state index contributed by atoms with van der Waals surface area (Å²) >= 11 is 0. The van der Waals surface area contributed by atoms with Crippen LogP contribution in [-0.4, -0.2) is 41.8 Å². The third-order valence-corrected chi connectivity index (χ3v) is 5.33. The molecule has 0 bridgehead atoms. The molecule has 4 heterocycles. The molecule has 0 aromatic carbocycles. The van der Waals surface area contributed by atoms with Gasteiger partial charge in [-0.25, -0.2) is 14.5 Å². The summed E-state index contributed by atoms with van der Waals surface area (Å²) in [4.78, 5) is 47.8. The maximum absolute atomic E-state index is 13.1. The summed E-state index contributed by atoms with van der Waals surface area (Å²) in [5.41, 5.74) is 0.958. The maximum Gasteiger partial charge on any atom is 0.332 e. The Balaban J connectivity index is 1.74. The van der Waals surface area contributed by atoms with Gasteiger partial charge in [0.15, 0.2) is 0 Å². The highest BCUT2D eigenvalue weighted by Crippen LogP contribution is 2.32. The number of hydrogen-bond donors (Lipinski definition) is 1. The lowest BCUT2D eigenvalue weighted by Crippen LogP contribution is -2.37. The molecule has 150 valence electrons. The van der Waals surface area contributed by atoms with Crippen LogP contribution in [-0.2, 0) is 18.9 Å². The van der Waals surface area contributed by atoms with Crippen LogP contribution in [0.15, 0.2) is 39.4 Å². The third kappa shape index (κ3) is 2.65. The number of amides is 1. The Morgan fingerprint density at radius 2 is 1.86 bits per heavy atom. The average Bonchev–Trinajstić information content (AvgIpc) is 3.19. The van der Waals surface area contributed by atoms with Gasteiger partial charge in [0, 0.05) is 26.8 Å². The summed E-state index contributed by atoms with van der Waals surface area (Å²) in [6.07, 6.45) is 2.87. The number of nitrogens with zero attached hydrogens (tertiary/aromatic N) is 7. The summed E-state index contributed by atoms with van der Waals surface area (Å²) in [7, 11) is 4.76. The van der Waals surface area contributed by atoms with E-state index >= 15 is 0 Å². The number of carbonyl (C=O) groups is 1. The molecule has 1 aliphatic rings. The zero-order valence-electron chi connectivity index (χ0n) is 16.7. The van der Waals surface area contributed by atoms with Gasteiger partial charge in [-0.1, -0.05) is 0 Å². The monoisotopic (exact) mass is 396 g/mol. The third-order valence-electron chi connectivity index (χ3n) is 5.33. The van der Waals surface area contributed by atoms with Crippen molar-refractivity contribution in [2.24, 2.45) is 14.1 Å². The normalized spacial score (nSPS) is 16.3. The Morgan fingerprint density at radius 3 is 2.59 bits per heavy atom. The number of rotatable bonds is 2. The van der Waals surface area contributed by atoms with Gasteiger partial charge in [-0.2, -0.15) is 10.1 Å². The number of aryl methyl sites for hydroxylation is 1. The summed E-state index contributed by atoms with van der Waals surface area (Å²) in [5, 5.41) is 7.25. The van der Waals surface area contributed by atoms with Gasteiger partial charge in [-0.15, -0.1) is 0 Å². The number of carbonyl (C=O) groups excluding carboxylic acids is 1. The van der Waals surface area contributed by atoms with Crippen molar-refractivity contribution in [3.05, 3.63) is 50.7 Å². The first-order valence-corrected chi connectivity index (χ1v) is 8.93. The lowest BCUT2D eigenvalue weighted by molar-refractivity contribution is -0.113. The van der Waals surface area contributed by atoms with Crippen molar-refractivity contribution in [1.82, 2.24) is 28.9 Å². The minimum Gasteiger partial charge on any atom is -0.321 e. The number of pyridine rings is 1. The van der Waals surface area contributed by atoms with Crippen molar-refractivity contribution in [3.63, 3.8) is 0 Å². The first kappa shape index (κ1) is 18.6. The first-order valence-electron chi connectivity index (χ1n) is 8.93. The van der Waals surface area contributed by atoms with Crippen LogP contribution in [0, 0.1) is 0 Å². The molecule has 1 amide bonds. The fraction of sp³-hybridized carbons (Fsp3) is 0.333. The molecule has 0 unspecified atom stereocenters. The molecular formula is C18H20N8O3. The molecule has 0 spiro atoms. The number of anilines is 2. The van der Waals surface area contributed by atoms with Gasteiger partial charge >= 0.3 is 5.69 Å². The number of allylic oxidation sites excluding steroid dienone is 1. The number of fused-ring (bicyclic) bond motifs is 2. The van der Waals surface area contributed by atoms with Crippen molar-refractivity contribution >= 4 is 28.6 Å². The Kier molecular flexibility index (Phi) is 4.10. The predicted molar refractivity (Wildman–Crippen MR) is 107 cm³/mol. The van der Waals surface area contributed by atoms with Crippen LogP contribution >= 0.6 is 0 Å². The summed E-state index contributed by atoms with van der Waals surface area (Å²) < 4.78 is 3.97. The van der Waals surface area contributed by atoms with Crippen LogP contribution in [0.1, 0.15) is 19.9 Å². The fourth-order valence-corrected chi connectivity index (χ4v) is 3.60. The van der Waals surface area contributed by atoms with E-state index in [1.54, 1.807) is 16.6 Å². The van der Waals surface area contributed by atoms with E-state index in [1.165, 1.54) is 30.2 Å². The van der Waals surface area contributed by atoms with Gasteiger partial charge in [0.25, 0.3) is 11.5 Å². The van der Waals surface area contributed by atoms with Crippen LogP contribution in [0.2, 0.25) is 0 Å². The lowest BCUT2D eigenvalue weighted by Gasteiger charge is -2.31. The number of hydrogen-bond acceptors (Lipinski definition) is 7. The molecule has 1 N–H and O–H groups in total. The number of aromatic nitrogens is 6. The number of nitrogens with one attached hydrogen (secondary N) is 1. The fourth-order valence-electron chi connectivity index (χ4n) is 3.60. The quantitative estimate of drug-likeness (QED) is 0.654. The van der Waals surface area contributed by atoms with E-state index in [-0.39, 0.29) is 23.0 Å². The van der Waals surface area contributed by atoms with E-state index < -0.39 is 11.2 Å². The second-order valence-corrected chi connectivity index (χ2v) is 6.99. The highest BCUT2D eigenvalue weighted by molar-refractivity contribution is 6.06. The van der Waals surface area contributed by atoms with Crippen molar-refractivity contribution in [2.75, 3.05) is 17.3 Å². The first-order chi connectivity index (χ1) is 13.7. The summed E-state index contributed by atoms with van der Waals surface area (Å²) in [6.45, 7) is 3.71. The van der Waals surface area contributed by atoms with Gasteiger partial charge in [0.1, 0.15) is 12.0 Å². The molecule has 3 aromatic heterocycles. The van der Waals surface area contributed by atoms with E-state index in [1.807, 2.05) is 20.9 Å². The van der Waals surface area contributed by atoms with Crippen LogP contribution in [0.3, 0.4) is 0 Å². The molecule has 1 aliphatic heterocycles. The van der Waals surface area contributed by atoms with E-state index in [2.05, 4.69) is 20.4 Å². The standard InChI is InChI=1S/C18H20N8O3/c1-9-13(10(2)26-17(23(9)3)20-8-21-26)15(27)22-11-6-12-14(19-7-11)24(4)18(29)25(5)16(12)28/h6-8,10H,1-5H3,(H,22,27)/t10-/m0/s1. The second kappa shape index (κ2) is 6.40. The second-order valence-electron chi connectivity index (χ2n) is 6.99. The molecular weight excluding hydrogens is 376 g/mol. The average molecular weight is 396 g/mol. The molecule has 4 rings (SSSR count). The molecule has 11 heteroatoms. The van der Waals surface area contributed by atoms with Crippen molar-refractivity contribution in [1.29, 1.82) is 0 Å². The van der Waals surface area contributed by atoms with Crippen LogP contribution < -0.4 is 21.5 Å². The van der Waals surface area contributed by atoms with Gasteiger partial charge in [-0.3, -0.25) is 18.7 Å². The van der Waals surface area contributed by atoms with E-state index in [0.717, 1.165) is 10.3 Å². The Hall–Kier alpha value is -3.76. The lowest BCUT2D eigenvalue weighted by atomic mass is 10.0. The molecule has 0 aliphatic carbocycles.